The maximum atomic E-state index is 4.91. The second kappa shape index (κ2) is 8.28. The Bertz CT molecular complexity index is 1050. The molecule has 150 valence electrons. The van der Waals surface area contributed by atoms with Gasteiger partial charge in [-0.05, 0) is 77.6 Å². The SMILES string of the molecule is C/C(=N\c1c(C)cc(C)cc1C)C1=CCC(/C(C)=N/c2c(C)cc(C)cc2C)=N1. The Balaban J connectivity index is 1.88. The minimum Gasteiger partial charge on any atom is -0.251 e. The molecule has 1 aliphatic heterocycles. The smallest absolute Gasteiger partial charge is 0.0810 e. The van der Waals surface area contributed by atoms with Gasteiger partial charge in [0.05, 0.1) is 34.2 Å². The fraction of sp³-hybridized carbons (Fsp3) is 0.346. The second-order valence-electron chi connectivity index (χ2n) is 8.24. The zero-order chi connectivity index (χ0) is 21.3. The molecule has 0 N–H and O–H groups in total. The van der Waals surface area contributed by atoms with Crippen LogP contribution in [0.25, 0.3) is 0 Å². The van der Waals surface area contributed by atoms with Gasteiger partial charge in [-0.25, -0.2) is 4.99 Å². The van der Waals surface area contributed by atoms with Crippen molar-refractivity contribution in [1.29, 1.82) is 0 Å². The Kier molecular flexibility index (Phi) is 5.97. The van der Waals surface area contributed by atoms with Crippen LogP contribution in [0.2, 0.25) is 0 Å². The summed E-state index contributed by atoms with van der Waals surface area (Å²) in [5.74, 6) is 0. The molecule has 0 unspecified atom stereocenters. The molecule has 3 heteroatoms. The second-order valence-corrected chi connectivity index (χ2v) is 8.24. The number of allylic oxidation sites excluding steroid dienone is 2. The maximum absolute atomic E-state index is 4.91. The van der Waals surface area contributed by atoms with Gasteiger partial charge in [-0.1, -0.05) is 41.5 Å². The first-order valence-corrected chi connectivity index (χ1v) is 10.2. The van der Waals surface area contributed by atoms with Crippen LogP contribution in [0.1, 0.15) is 53.6 Å². The highest BCUT2D eigenvalue weighted by Crippen LogP contribution is 2.28. The fourth-order valence-electron chi connectivity index (χ4n) is 4.04. The van der Waals surface area contributed by atoms with Crippen molar-refractivity contribution in [3.05, 3.63) is 69.4 Å². The van der Waals surface area contributed by atoms with Crippen LogP contribution in [-0.4, -0.2) is 17.1 Å². The number of rotatable bonds is 4. The normalized spacial score (nSPS) is 14.9. The molecule has 3 rings (SSSR count). The molecule has 0 saturated carbocycles. The van der Waals surface area contributed by atoms with Gasteiger partial charge in [0.25, 0.3) is 0 Å². The van der Waals surface area contributed by atoms with Gasteiger partial charge >= 0.3 is 0 Å². The molecule has 0 atom stereocenters. The molecule has 1 heterocycles. The molecule has 0 aliphatic carbocycles. The monoisotopic (exact) mass is 385 g/mol. The van der Waals surface area contributed by atoms with Crippen molar-refractivity contribution < 1.29 is 0 Å². The standard InChI is InChI=1S/C26H31N3/c1-15-11-17(3)25(18(4)12-15)27-21(7)23-9-10-24(29-23)22(8)28-26-19(5)13-16(2)14-20(26)6/h9,11-14H,10H2,1-8H3/b27-21+,28-22+. The van der Waals surface area contributed by atoms with Gasteiger partial charge in [-0.15, -0.1) is 0 Å². The zero-order valence-corrected chi connectivity index (χ0v) is 18.9. The Morgan fingerprint density at radius 3 is 1.55 bits per heavy atom. The molecule has 0 bridgehead atoms. The Morgan fingerprint density at radius 1 is 0.690 bits per heavy atom. The highest BCUT2D eigenvalue weighted by atomic mass is 14.9. The number of hydrogen-bond acceptors (Lipinski definition) is 3. The fourth-order valence-corrected chi connectivity index (χ4v) is 4.04. The van der Waals surface area contributed by atoms with Crippen LogP contribution in [0.5, 0.6) is 0 Å². The minimum atomic E-state index is 0.799. The van der Waals surface area contributed by atoms with Crippen molar-refractivity contribution >= 4 is 28.5 Å². The Labute approximate surface area is 175 Å². The van der Waals surface area contributed by atoms with Gasteiger partial charge in [-0.2, -0.15) is 0 Å². The van der Waals surface area contributed by atoms with Crippen LogP contribution in [-0.2, 0) is 0 Å². The molecular formula is C26H31N3. The summed E-state index contributed by atoms with van der Waals surface area (Å²) < 4.78 is 0. The maximum Gasteiger partial charge on any atom is 0.0810 e. The van der Waals surface area contributed by atoms with E-state index in [2.05, 4.69) is 78.8 Å². The summed E-state index contributed by atoms with van der Waals surface area (Å²) in [6.07, 6.45) is 2.95. The van der Waals surface area contributed by atoms with Crippen LogP contribution >= 0.6 is 0 Å². The first-order chi connectivity index (χ1) is 13.7. The molecule has 0 radical (unpaired) electrons. The van der Waals surface area contributed by atoms with Crippen LogP contribution in [0.15, 0.2) is 51.0 Å². The molecule has 0 amide bonds. The third-order valence-corrected chi connectivity index (χ3v) is 5.36. The molecule has 0 aromatic heterocycles. The van der Waals surface area contributed by atoms with E-state index in [4.69, 9.17) is 15.0 Å². The Morgan fingerprint density at radius 2 is 1.10 bits per heavy atom. The quantitative estimate of drug-likeness (QED) is 0.501. The predicted molar refractivity (Wildman–Crippen MR) is 127 cm³/mol. The van der Waals surface area contributed by atoms with Gasteiger partial charge in [0.15, 0.2) is 0 Å². The van der Waals surface area contributed by atoms with Crippen molar-refractivity contribution in [1.82, 2.24) is 0 Å². The van der Waals surface area contributed by atoms with Crippen LogP contribution in [0, 0.1) is 41.5 Å². The third kappa shape index (κ3) is 4.61. The number of benzene rings is 2. The highest BCUT2D eigenvalue weighted by Gasteiger charge is 2.15. The van der Waals surface area contributed by atoms with Gasteiger partial charge < -0.3 is 0 Å². The van der Waals surface area contributed by atoms with Crippen molar-refractivity contribution in [2.75, 3.05) is 0 Å². The number of nitrogens with zero attached hydrogens (tertiary/aromatic N) is 3. The van der Waals surface area contributed by atoms with E-state index in [1.165, 1.54) is 33.4 Å². The van der Waals surface area contributed by atoms with Crippen LogP contribution in [0.4, 0.5) is 11.4 Å². The van der Waals surface area contributed by atoms with E-state index in [1.807, 2.05) is 6.92 Å². The summed E-state index contributed by atoms with van der Waals surface area (Å²) in [6, 6.07) is 8.73. The minimum absolute atomic E-state index is 0.799. The zero-order valence-electron chi connectivity index (χ0n) is 18.9. The van der Waals surface area contributed by atoms with E-state index in [9.17, 15) is 0 Å². The van der Waals surface area contributed by atoms with Gasteiger partial charge in [0.1, 0.15) is 0 Å². The molecule has 1 aliphatic rings. The van der Waals surface area contributed by atoms with E-state index < -0.39 is 0 Å². The van der Waals surface area contributed by atoms with Gasteiger partial charge in [0, 0.05) is 6.42 Å². The molecule has 29 heavy (non-hydrogen) atoms. The highest BCUT2D eigenvalue weighted by molar-refractivity contribution is 6.43. The Hall–Kier alpha value is -2.81. The number of aliphatic imine (C=N–C) groups is 3. The molecule has 3 nitrogen and oxygen atoms in total. The van der Waals surface area contributed by atoms with Crippen LogP contribution < -0.4 is 0 Å². The predicted octanol–water partition coefficient (Wildman–Crippen LogP) is 7.15. The first kappa shape index (κ1) is 20.9. The van der Waals surface area contributed by atoms with E-state index in [0.717, 1.165) is 40.6 Å². The summed E-state index contributed by atoms with van der Waals surface area (Å²) in [4.78, 5) is 14.7. The van der Waals surface area contributed by atoms with E-state index in [0.29, 0.717) is 0 Å². The molecule has 0 saturated heterocycles. The summed E-state index contributed by atoms with van der Waals surface area (Å²) in [5.41, 5.74) is 13.4. The summed E-state index contributed by atoms with van der Waals surface area (Å²) in [7, 11) is 0. The van der Waals surface area contributed by atoms with Crippen LogP contribution in [0.3, 0.4) is 0 Å². The van der Waals surface area contributed by atoms with Gasteiger partial charge in [-0.3, -0.25) is 9.98 Å². The van der Waals surface area contributed by atoms with E-state index in [1.54, 1.807) is 0 Å². The molecular weight excluding hydrogens is 354 g/mol. The lowest BCUT2D eigenvalue weighted by atomic mass is 10.1. The summed E-state index contributed by atoms with van der Waals surface area (Å²) in [5, 5.41) is 0. The third-order valence-electron chi connectivity index (χ3n) is 5.36. The van der Waals surface area contributed by atoms with E-state index in [-0.39, 0.29) is 0 Å². The molecule has 2 aromatic rings. The molecule has 0 spiro atoms. The number of aryl methyl sites for hydroxylation is 6. The lowest BCUT2D eigenvalue weighted by molar-refractivity contribution is 1.28. The lowest BCUT2D eigenvalue weighted by Crippen LogP contribution is -2.07. The van der Waals surface area contributed by atoms with Gasteiger partial charge in [0.2, 0.25) is 0 Å². The summed E-state index contributed by atoms with van der Waals surface area (Å²) in [6.45, 7) is 16.8. The van der Waals surface area contributed by atoms with Crippen molar-refractivity contribution in [3.63, 3.8) is 0 Å². The average Bonchev–Trinajstić information content (AvgIpc) is 3.11. The molecule has 0 fully saturated rings. The van der Waals surface area contributed by atoms with Crippen molar-refractivity contribution in [2.24, 2.45) is 15.0 Å². The largest absolute Gasteiger partial charge is 0.251 e. The topological polar surface area (TPSA) is 37.1 Å². The molecule has 2 aromatic carbocycles. The van der Waals surface area contributed by atoms with Crippen molar-refractivity contribution in [2.45, 2.75) is 61.8 Å². The summed E-state index contributed by atoms with van der Waals surface area (Å²) >= 11 is 0. The number of hydrogen-bond donors (Lipinski definition) is 0. The first-order valence-electron chi connectivity index (χ1n) is 10.2. The average molecular weight is 386 g/mol. The van der Waals surface area contributed by atoms with E-state index >= 15 is 0 Å². The lowest BCUT2D eigenvalue weighted by Gasteiger charge is -2.09. The van der Waals surface area contributed by atoms with Crippen molar-refractivity contribution in [3.8, 4) is 0 Å².